The molecule has 1 aliphatic rings. The summed E-state index contributed by atoms with van der Waals surface area (Å²) in [6, 6.07) is 0. The second-order valence-electron chi connectivity index (χ2n) is 3.61. The first-order valence-corrected chi connectivity index (χ1v) is 5.45. The number of hydrogen-bond donors (Lipinski definition) is 0. The Bertz CT molecular complexity index is 171. The molecule has 1 aliphatic heterocycles. The number of thioether (sulfide) groups is 1. The number of methoxy groups -OCH3 is 1. The molecule has 1 atom stereocenters. The van der Waals surface area contributed by atoms with Crippen molar-refractivity contribution >= 4 is 17.7 Å². The van der Waals surface area contributed by atoms with E-state index in [4.69, 9.17) is 4.74 Å². The van der Waals surface area contributed by atoms with Gasteiger partial charge in [0.05, 0.1) is 12.5 Å². The average Bonchev–Trinajstić information content (AvgIpc) is 2.52. The summed E-state index contributed by atoms with van der Waals surface area (Å²) in [7, 11) is 1.48. The van der Waals surface area contributed by atoms with Crippen LogP contribution in [0.15, 0.2) is 0 Å². The van der Waals surface area contributed by atoms with Crippen LogP contribution >= 0.6 is 11.8 Å². The topological polar surface area (TPSA) is 26.3 Å². The molecule has 1 heterocycles. The lowest BCUT2D eigenvalue weighted by atomic mass is 9.77. The van der Waals surface area contributed by atoms with Gasteiger partial charge in [-0.05, 0) is 18.1 Å². The average molecular weight is 188 g/mol. The van der Waals surface area contributed by atoms with E-state index in [1.807, 2.05) is 11.8 Å². The summed E-state index contributed by atoms with van der Waals surface area (Å²) >= 11 is 1.85. The van der Waals surface area contributed by atoms with Crippen molar-refractivity contribution in [2.75, 3.05) is 18.6 Å². The second kappa shape index (κ2) is 3.69. The SMILES string of the molecule is COC(=O)C1(C(C)C)CCSC1. The van der Waals surface area contributed by atoms with Crippen molar-refractivity contribution in [1.29, 1.82) is 0 Å². The maximum absolute atomic E-state index is 11.5. The maximum Gasteiger partial charge on any atom is 0.312 e. The highest BCUT2D eigenvalue weighted by Crippen LogP contribution is 2.42. The largest absolute Gasteiger partial charge is 0.469 e. The van der Waals surface area contributed by atoms with Crippen molar-refractivity contribution in [3.05, 3.63) is 0 Å². The molecule has 0 N–H and O–H groups in total. The molecule has 1 fully saturated rings. The predicted octanol–water partition coefficient (Wildman–Crippen LogP) is 1.94. The second-order valence-corrected chi connectivity index (χ2v) is 4.71. The van der Waals surface area contributed by atoms with E-state index in [9.17, 15) is 4.79 Å². The van der Waals surface area contributed by atoms with Gasteiger partial charge in [0.1, 0.15) is 0 Å². The first kappa shape index (κ1) is 9.90. The Morgan fingerprint density at radius 1 is 1.58 bits per heavy atom. The first-order chi connectivity index (χ1) is 5.63. The molecule has 0 aliphatic carbocycles. The normalized spacial score (nSPS) is 29.3. The van der Waals surface area contributed by atoms with Crippen molar-refractivity contribution in [2.24, 2.45) is 11.3 Å². The molecule has 0 aromatic rings. The third-order valence-corrected chi connectivity index (χ3v) is 3.96. The van der Waals surface area contributed by atoms with Gasteiger partial charge in [-0.1, -0.05) is 13.8 Å². The minimum absolute atomic E-state index is 0.0255. The fraction of sp³-hybridized carbons (Fsp3) is 0.889. The summed E-state index contributed by atoms with van der Waals surface area (Å²) in [5.74, 6) is 2.38. The molecule has 70 valence electrons. The Kier molecular flexibility index (Phi) is 3.04. The van der Waals surface area contributed by atoms with Crippen molar-refractivity contribution in [3.8, 4) is 0 Å². The summed E-state index contributed by atoms with van der Waals surface area (Å²) < 4.78 is 4.85. The molecular formula is C9H16O2S. The van der Waals surface area contributed by atoms with Gasteiger partial charge in [-0.25, -0.2) is 0 Å². The first-order valence-electron chi connectivity index (χ1n) is 4.29. The van der Waals surface area contributed by atoms with Crippen LogP contribution in [0.5, 0.6) is 0 Å². The van der Waals surface area contributed by atoms with E-state index >= 15 is 0 Å². The van der Waals surface area contributed by atoms with Crippen LogP contribution in [0, 0.1) is 11.3 Å². The molecule has 0 aromatic carbocycles. The van der Waals surface area contributed by atoms with E-state index in [1.165, 1.54) is 7.11 Å². The summed E-state index contributed by atoms with van der Waals surface area (Å²) in [6.45, 7) is 4.20. The van der Waals surface area contributed by atoms with Crippen LogP contribution in [0.25, 0.3) is 0 Å². The zero-order chi connectivity index (χ0) is 9.19. The third kappa shape index (κ3) is 1.47. The van der Waals surface area contributed by atoms with Crippen LogP contribution in [0.4, 0.5) is 0 Å². The Morgan fingerprint density at radius 2 is 2.25 bits per heavy atom. The minimum Gasteiger partial charge on any atom is -0.469 e. The highest BCUT2D eigenvalue weighted by molar-refractivity contribution is 7.99. The molecule has 0 saturated carbocycles. The van der Waals surface area contributed by atoms with E-state index in [1.54, 1.807) is 0 Å². The molecule has 2 nitrogen and oxygen atoms in total. The van der Waals surface area contributed by atoms with Gasteiger partial charge in [0.15, 0.2) is 0 Å². The van der Waals surface area contributed by atoms with Crippen LogP contribution in [-0.2, 0) is 9.53 Å². The van der Waals surface area contributed by atoms with Crippen LogP contribution in [-0.4, -0.2) is 24.6 Å². The number of carbonyl (C=O) groups excluding carboxylic acids is 1. The Balaban J connectivity index is 2.78. The summed E-state index contributed by atoms with van der Waals surface area (Å²) in [5, 5.41) is 0. The van der Waals surface area contributed by atoms with E-state index in [0.717, 1.165) is 17.9 Å². The monoisotopic (exact) mass is 188 g/mol. The van der Waals surface area contributed by atoms with Gasteiger partial charge < -0.3 is 4.74 Å². The van der Waals surface area contributed by atoms with Gasteiger partial charge in [-0.15, -0.1) is 0 Å². The predicted molar refractivity (Wildman–Crippen MR) is 51.2 cm³/mol. The fourth-order valence-electron chi connectivity index (χ4n) is 1.64. The molecule has 1 saturated heterocycles. The van der Waals surface area contributed by atoms with Crippen LogP contribution in [0.3, 0.4) is 0 Å². The summed E-state index contributed by atoms with van der Waals surface area (Å²) in [6.07, 6.45) is 0.974. The van der Waals surface area contributed by atoms with Crippen LogP contribution < -0.4 is 0 Å². The van der Waals surface area contributed by atoms with Gasteiger partial charge >= 0.3 is 5.97 Å². The quantitative estimate of drug-likeness (QED) is 0.619. The lowest BCUT2D eigenvalue weighted by molar-refractivity contribution is -0.153. The number of ether oxygens (including phenoxy) is 1. The Hall–Kier alpha value is -0.180. The fourth-order valence-corrected chi connectivity index (χ4v) is 3.25. The third-order valence-electron chi connectivity index (χ3n) is 2.75. The van der Waals surface area contributed by atoms with Gasteiger partial charge in [-0.3, -0.25) is 4.79 Å². The van der Waals surface area contributed by atoms with Crippen molar-refractivity contribution in [3.63, 3.8) is 0 Å². The number of esters is 1. The molecule has 1 unspecified atom stereocenters. The molecule has 12 heavy (non-hydrogen) atoms. The smallest absolute Gasteiger partial charge is 0.312 e. The van der Waals surface area contributed by atoms with Crippen molar-refractivity contribution in [1.82, 2.24) is 0 Å². The highest BCUT2D eigenvalue weighted by atomic mass is 32.2. The van der Waals surface area contributed by atoms with Crippen molar-refractivity contribution < 1.29 is 9.53 Å². The maximum atomic E-state index is 11.5. The number of hydrogen-bond acceptors (Lipinski definition) is 3. The van der Waals surface area contributed by atoms with E-state index in [2.05, 4.69) is 13.8 Å². The van der Waals surface area contributed by atoms with Gasteiger partial charge in [0, 0.05) is 5.75 Å². The van der Waals surface area contributed by atoms with E-state index in [0.29, 0.717) is 5.92 Å². The minimum atomic E-state index is -0.195. The zero-order valence-electron chi connectivity index (χ0n) is 7.92. The van der Waals surface area contributed by atoms with Crippen LogP contribution in [0.2, 0.25) is 0 Å². The molecule has 0 bridgehead atoms. The van der Waals surface area contributed by atoms with Crippen molar-refractivity contribution in [2.45, 2.75) is 20.3 Å². The van der Waals surface area contributed by atoms with Crippen LogP contribution in [0.1, 0.15) is 20.3 Å². The van der Waals surface area contributed by atoms with Gasteiger partial charge in [0.2, 0.25) is 0 Å². The molecule has 0 spiro atoms. The summed E-state index contributed by atoms with van der Waals surface area (Å²) in [4.78, 5) is 11.5. The standard InChI is InChI=1S/C9H16O2S/c1-7(2)9(8(10)11-3)4-5-12-6-9/h7H,4-6H2,1-3H3. The molecule has 1 rings (SSSR count). The van der Waals surface area contributed by atoms with Gasteiger partial charge in [0.25, 0.3) is 0 Å². The van der Waals surface area contributed by atoms with E-state index in [-0.39, 0.29) is 11.4 Å². The van der Waals surface area contributed by atoms with Gasteiger partial charge in [-0.2, -0.15) is 11.8 Å². The number of carbonyl (C=O) groups is 1. The lowest BCUT2D eigenvalue weighted by Gasteiger charge is -2.28. The zero-order valence-corrected chi connectivity index (χ0v) is 8.74. The molecule has 0 radical (unpaired) electrons. The molecule has 3 heteroatoms. The molecule has 0 amide bonds. The Labute approximate surface area is 78.1 Å². The highest BCUT2D eigenvalue weighted by Gasteiger charge is 2.45. The summed E-state index contributed by atoms with van der Waals surface area (Å²) in [5.41, 5.74) is -0.195. The lowest BCUT2D eigenvalue weighted by Crippen LogP contribution is -2.37. The molecule has 0 aromatic heterocycles. The Morgan fingerprint density at radius 3 is 2.58 bits per heavy atom. The molecular weight excluding hydrogens is 172 g/mol. The van der Waals surface area contributed by atoms with E-state index < -0.39 is 0 Å². The number of rotatable bonds is 2.